The minimum atomic E-state index is -0.0809. The second-order valence-corrected chi connectivity index (χ2v) is 7.80. The number of benzene rings is 2. The number of nitrogens with zero attached hydrogens (tertiary/aromatic N) is 2. The number of hydrogen-bond acceptors (Lipinski definition) is 5. The summed E-state index contributed by atoms with van der Waals surface area (Å²) in [5, 5.41) is 2.96. The van der Waals surface area contributed by atoms with Crippen LogP contribution in [0.15, 0.2) is 79.0 Å². The van der Waals surface area contributed by atoms with Crippen molar-refractivity contribution in [2.24, 2.45) is 0 Å². The Bertz CT molecular complexity index is 1120. The molecule has 2 aromatic heterocycles. The van der Waals surface area contributed by atoms with Crippen molar-refractivity contribution < 1.29 is 9.53 Å². The van der Waals surface area contributed by atoms with E-state index in [4.69, 9.17) is 4.74 Å². The first-order chi connectivity index (χ1) is 14.7. The van der Waals surface area contributed by atoms with Crippen LogP contribution in [0.1, 0.15) is 26.6 Å². The standard InChI is InChI=1S/C24H21N3O2S/c1-29-19-9-7-17(8-10-19)15-23-25-14-13-20(27-23)21-11-12-22(30-21)24(28)26-16-18-5-3-2-4-6-18/h2-14H,15-16H2,1H3,(H,26,28). The van der Waals surface area contributed by atoms with Crippen molar-refractivity contribution in [1.29, 1.82) is 0 Å². The van der Waals surface area contributed by atoms with Gasteiger partial charge in [0.25, 0.3) is 5.91 Å². The van der Waals surface area contributed by atoms with E-state index in [0.29, 0.717) is 17.8 Å². The summed E-state index contributed by atoms with van der Waals surface area (Å²) in [6, 6.07) is 23.4. The maximum atomic E-state index is 12.5. The molecule has 0 saturated carbocycles. The third kappa shape index (κ3) is 4.90. The highest BCUT2D eigenvalue weighted by atomic mass is 32.1. The van der Waals surface area contributed by atoms with Gasteiger partial charge in [-0.15, -0.1) is 11.3 Å². The molecule has 0 spiro atoms. The van der Waals surface area contributed by atoms with Crippen LogP contribution in [0.25, 0.3) is 10.6 Å². The predicted molar refractivity (Wildman–Crippen MR) is 119 cm³/mol. The molecule has 30 heavy (non-hydrogen) atoms. The molecule has 0 unspecified atom stereocenters. The summed E-state index contributed by atoms with van der Waals surface area (Å²) in [4.78, 5) is 23.2. The summed E-state index contributed by atoms with van der Waals surface area (Å²) < 4.78 is 5.20. The van der Waals surface area contributed by atoms with Gasteiger partial charge in [0.05, 0.1) is 22.6 Å². The van der Waals surface area contributed by atoms with Gasteiger partial charge < -0.3 is 10.1 Å². The predicted octanol–water partition coefficient (Wildman–Crippen LogP) is 4.73. The normalized spacial score (nSPS) is 10.6. The summed E-state index contributed by atoms with van der Waals surface area (Å²) in [5.41, 5.74) is 3.00. The molecule has 0 aliphatic carbocycles. The SMILES string of the molecule is COc1ccc(Cc2nccc(-c3ccc(C(=O)NCc4ccccc4)s3)n2)cc1. The van der Waals surface area contributed by atoms with Crippen molar-refractivity contribution in [2.45, 2.75) is 13.0 Å². The fourth-order valence-corrected chi connectivity index (χ4v) is 3.90. The molecule has 2 heterocycles. The first kappa shape index (κ1) is 19.8. The molecule has 0 aliphatic heterocycles. The maximum Gasteiger partial charge on any atom is 0.261 e. The Morgan fingerprint density at radius 1 is 0.967 bits per heavy atom. The summed E-state index contributed by atoms with van der Waals surface area (Å²) in [6.45, 7) is 0.506. The zero-order valence-electron chi connectivity index (χ0n) is 16.5. The molecular weight excluding hydrogens is 394 g/mol. The number of hydrogen-bond donors (Lipinski definition) is 1. The quantitative estimate of drug-likeness (QED) is 0.474. The van der Waals surface area contributed by atoms with Crippen LogP contribution in [0.3, 0.4) is 0 Å². The van der Waals surface area contributed by atoms with Crippen LogP contribution in [-0.4, -0.2) is 23.0 Å². The number of ether oxygens (including phenoxy) is 1. The molecule has 0 fully saturated rings. The number of aromatic nitrogens is 2. The fraction of sp³-hybridized carbons (Fsp3) is 0.125. The Labute approximate surface area is 179 Å². The van der Waals surface area contributed by atoms with Gasteiger partial charge in [-0.05, 0) is 41.5 Å². The molecule has 150 valence electrons. The van der Waals surface area contributed by atoms with E-state index < -0.39 is 0 Å². The summed E-state index contributed by atoms with van der Waals surface area (Å²) >= 11 is 1.43. The highest BCUT2D eigenvalue weighted by Gasteiger charge is 2.12. The molecule has 4 rings (SSSR count). The van der Waals surface area contributed by atoms with Crippen molar-refractivity contribution >= 4 is 17.2 Å². The van der Waals surface area contributed by atoms with Crippen LogP contribution in [0, 0.1) is 0 Å². The molecule has 2 aromatic carbocycles. The van der Waals surface area contributed by atoms with Crippen molar-refractivity contribution in [3.63, 3.8) is 0 Å². The molecule has 1 N–H and O–H groups in total. The smallest absolute Gasteiger partial charge is 0.261 e. The third-order valence-electron chi connectivity index (χ3n) is 4.60. The van der Waals surface area contributed by atoms with Gasteiger partial charge in [0, 0.05) is 19.2 Å². The average molecular weight is 416 g/mol. The molecular formula is C24H21N3O2S. The van der Waals surface area contributed by atoms with Crippen LogP contribution < -0.4 is 10.1 Å². The lowest BCUT2D eigenvalue weighted by Gasteiger charge is -2.05. The second-order valence-electron chi connectivity index (χ2n) is 6.72. The first-order valence-electron chi connectivity index (χ1n) is 9.58. The maximum absolute atomic E-state index is 12.5. The van der Waals surface area contributed by atoms with Gasteiger partial charge in [0.1, 0.15) is 11.6 Å². The number of thiophene rings is 1. The first-order valence-corrected chi connectivity index (χ1v) is 10.4. The van der Waals surface area contributed by atoms with Crippen LogP contribution in [-0.2, 0) is 13.0 Å². The Morgan fingerprint density at radius 3 is 2.53 bits per heavy atom. The van der Waals surface area contributed by atoms with Gasteiger partial charge in [-0.1, -0.05) is 42.5 Å². The van der Waals surface area contributed by atoms with E-state index in [1.54, 1.807) is 13.3 Å². The second kappa shape index (κ2) is 9.33. The van der Waals surface area contributed by atoms with Gasteiger partial charge in [0.2, 0.25) is 0 Å². The number of methoxy groups -OCH3 is 1. The topological polar surface area (TPSA) is 64.1 Å². The van der Waals surface area contributed by atoms with Crippen LogP contribution in [0.5, 0.6) is 5.75 Å². The molecule has 0 radical (unpaired) electrons. The highest BCUT2D eigenvalue weighted by Crippen LogP contribution is 2.27. The molecule has 4 aromatic rings. The molecule has 1 amide bonds. The lowest BCUT2D eigenvalue weighted by molar-refractivity contribution is 0.0955. The van der Waals surface area contributed by atoms with Gasteiger partial charge in [-0.25, -0.2) is 9.97 Å². The largest absolute Gasteiger partial charge is 0.497 e. The van der Waals surface area contributed by atoms with Crippen LogP contribution in [0.4, 0.5) is 0 Å². The molecule has 6 heteroatoms. The van der Waals surface area contributed by atoms with Gasteiger partial charge in [-0.2, -0.15) is 0 Å². The van der Waals surface area contributed by atoms with Crippen molar-refractivity contribution in [1.82, 2.24) is 15.3 Å². The zero-order valence-corrected chi connectivity index (χ0v) is 17.4. The van der Waals surface area contributed by atoms with Crippen LogP contribution in [0.2, 0.25) is 0 Å². The van der Waals surface area contributed by atoms with E-state index >= 15 is 0 Å². The third-order valence-corrected chi connectivity index (χ3v) is 5.71. The highest BCUT2D eigenvalue weighted by molar-refractivity contribution is 7.17. The molecule has 5 nitrogen and oxygen atoms in total. The van der Waals surface area contributed by atoms with Crippen molar-refractivity contribution in [3.8, 4) is 16.3 Å². The minimum absolute atomic E-state index is 0.0809. The molecule has 0 saturated heterocycles. The fourth-order valence-electron chi connectivity index (χ4n) is 3.01. The Balaban J connectivity index is 1.43. The monoisotopic (exact) mass is 415 g/mol. The molecule has 0 atom stereocenters. The zero-order chi connectivity index (χ0) is 20.8. The van der Waals surface area contributed by atoms with Gasteiger partial charge in [0.15, 0.2) is 0 Å². The number of carbonyl (C=O) groups excluding carboxylic acids is 1. The molecule has 0 bridgehead atoms. The van der Waals surface area contributed by atoms with Crippen molar-refractivity contribution in [2.75, 3.05) is 7.11 Å². The number of nitrogens with one attached hydrogen (secondary N) is 1. The van der Waals surface area contributed by atoms with E-state index in [9.17, 15) is 4.79 Å². The van der Waals surface area contributed by atoms with Gasteiger partial charge in [-0.3, -0.25) is 4.79 Å². The van der Waals surface area contributed by atoms with E-state index in [2.05, 4.69) is 15.3 Å². The van der Waals surface area contributed by atoms with E-state index in [1.165, 1.54) is 11.3 Å². The molecule has 0 aliphatic rings. The summed E-state index contributed by atoms with van der Waals surface area (Å²) in [6.07, 6.45) is 2.39. The minimum Gasteiger partial charge on any atom is -0.497 e. The number of carbonyl (C=O) groups is 1. The number of amides is 1. The Kier molecular flexibility index (Phi) is 6.15. The average Bonchev–Trinajstić information content (AvgIpc) is 3.29. The lowest BCUT2D eigenvalue weighted by Crippen LogP contribution is -2.21. The van der Waals surface area contributed by atoms with Crippen LogP contribution >= 0.6 is 11.3 Å². The van der Waals surface area contributed by atoms with Gasteiger partial charge >= 0.3 is 0 Å². The van der Waals surface area contributed by atoms with E-state index in [0.717, 1.165) is 33.3 Å². The number of rotatable bonds is 7. The van der Waals surface area contributed by atoms with E-state index in [1.807, 2.05) is 72.8 Å². The Hall–Kier alpha value is -3.51. The summed E-state index contributed by atoms with van der Waals surface area (Å²) in [5.74, 6) is 1.48. The summed E-state index contributed by atoms with van der Waals surface area (Å²) in [7, 11) is 1.65. The lowest BCUT2D eigenvalue weighted by atomic mass is 10.1. The van der Waals surface area contributed by atoms with E-state index in [-0.39, 0.29) is 5.91 Å². The Morgan fingerprint density at radius 2 is 1.77 bits per heavy atom. The van der Waals surface area contributed by atoms with Crippen molar-refractivity contribution in [3.05, 3.63) is 101 Å².